The topological polar surface area (TPSA) is 33.3 Å². The van der Waals surface area contributed by atoms with Crippen molar-refractivity contribution in [3.63, 3.8) is 0 Å². The molecule has 1 atom stereocenters. The first-order chi connectivity index (χ1) is 6.85. The molecule has 0 spiro atoms. The van der Waals surface area contributed by atoms with Crippen LogP contribution in [0.1, 0.15) is 5.56 Å². The fourth-order valence-corrected chi connectivity index (χ4v) is 1.88. The highest BCUT2D eigenvalue weighted by atomic mass is 16.5. The van der Waals surface area contributed by atoms with E-state index in [-0.39, 0.29) is 0 Å². The van der Waals surface area contributed by atoms with Gasteiger partial charge in [-0.2, -0.15) is 0 Å². The van der Waals surface area contributed by atoms with Crippen LogP contribution in [-0.4, -0.2) is 26.7 Å². The highest BCUT2D eigenvalue weighted by Gasteiger charge is 2.18. The van der Waals surface area contributed by atoms with Crippen molar-refractivity contribution in [3.8, 4) is 5.75 Å². The molecule has 0 fully saturated rings. The largest absolute Gasteiger partial charge is 0.495 e. The number of benzene rings is 1. The lowest BCUT2D eigenvalue weighted by atomic mass is 9.99. The number of fused-ring (bicyclic) bond motifs is 1. The predicted molar refractivity (Wildman–Crippen MR) is 58.0 cm³/mol. The molecule has 1 aromatic rings. The molecule has 2 N–H and O–H groups in total. The molecule has 1 aromatic carbocycles. The molecular weight excluding hydrogens is 176 g/mol. The van der Waals surface area contributed by atoms with Crippen molar-refractivity contribution >= 4 is 5.69 Å². The van der Waals surface area contributed by atoms with E-state index in [1.54, 1.807) is 7.11 Å². The second kappa shape index (κ2) is 3.88. The number of para-hydroxylation sites is 1. The molecule has 0 saturated heterocycles. The number of hydrogen-bond donors (Lipinski definition) is 2. The molecule has 1 aliphatic heterocycles. The predicted octanol–water partition coefficient (Wildman–Crippen LogP) is 1.25. The first-order valence-corrected chi connectivity index (χ1v) is 4.92. The fraction of sp³-hybridized carbons (Fsp3) is 0.455. The van der Waals surface area contributed by atoms with Gasteiger partial charge in [0.25, 0.3) is 0 Å². The van der Waals surface area contributed by atoms with E-state index in [1.165, 1.54) is 5.56 Å². The van der Waals surface area contributed by atoms with Gasteiger partial charge in [0.2, 0.25) is 0 Å². The lowest BCUT2D eigenvalue weighted by molar-refractivity contribution is 0.414. The molecule has 1 aliphatic rings. The fourth-order valence-electron chi connectivity index (χ4n) is 1.88. The van der Waals surface area contributed by atoms with Gasteiger partial charge < -0.3 is 15.4 Å². The molecule has 76 valence electrons. The van der Waals surface area contributed by atoms with Crippen LogP contribution in [0.3, 0.4) is 0 Å². The smallest absolute Gasteiger partial charge is 0.142 e. The summed E-state index contributed by atoms with van der Waals surface area (Å²) in [5.41, 5.74) is 2.48. The third kappa shape index (κ3) is 1.55. The standard InChI is InChI=1S/C11H16N2O/c1-12-9-6-8-4-3-5-10(14-2)11(8)13-7-9/h3-5,9,12-13H,6-7H2,1-2H3. The molecule has 3 nitrogen and oxygen atoms in total. The number of likely N-dealkylation sites (N-methyl/N-ethyl adjacent to an activating group) is 1. The average Bonchev–Trinajstić information content (AvgIpc) is 2.27. The van der Waals surface area contributed by atoms with Gasteiger partial charge >= 0.3 is 0 Å². The highest BCUT2D eigenvalue weighted by molar-refractivity contribution is 5.63. The van der Waals surface area contributed by atoms with Crippen LogP contribution >= 0.6 is 0 Å². The van der Waals surface area contributed by atoms with Gasteiger partial charge in [-0.15, -0.1) is 0 Å². The first kappa shape index (κ1) is 9.34. The number of rotatable bonds is 2. The molecule has 0 amide bonds. The van der Waals surface area contributed by atoms with E-state index in [0.29, 0.717) is 6.04 Å². The lowest BCUT2D eigenvalue weighted by Crippen LogP contribution is -2.38. The molecule has 0 aromatic heterocycles. The Morgan fingerprint density at radius 3 is 3.07 bits per heavy atom. The van der Waals surface area contributed by atoms with Crippen LogP contribution in [0.2, 0.25) is 0 Å². The van der Waals surface area contributed by atoms with Crippen LogP contribution in [0.4, 0.5) is 5.69 Å². The van der Waals surface area contributed by atoms with Gasteiger partial charge in [0.1, 0.15) is 5.75 Å². The maximum absolute atomic E-state index is 5.30. The van der Waals surface area contributed by atoms with E-state index in [0.717, 1.165) is 24.4 Å². The van der Waals surface area contributed by atoms with Gasteiger partial charge in [0.05, 0.1) is 12.8 Å². The van der Waals surface area contributed by atoms with Gasteiger partial charge in [-0.3, -0.25) is 0 Å². The Bertz CT molecular complexity index is 325. The number of nitrogens with one attached hydrogen (secondary N) is 2. The van der Waals surface area contributed by atoms with E-state index in [1.807, 2.05) is 19.2 Å². The molecule has 1 unspecified atom stereocenters. The lowest BCUT2D eigenvalue weighted by Gasteiger charge is -2.27. The monoisotopic (exact) mass is 192 g/mol. The Morgan fingerprint density at radius 1 is 1.50 bits per heavy atom. The molecule has 0 radical (unpaired) electrons. The summed E-state index contributed by atoms with van der Waals surface area (Å²) in [6, 6.07) is 6.70. The summed E-state index contributed by atoms with van der Waals surface area (Å²) >= 11 is 0. The molecule has 3 heteroatoms. The van der Waals surface area contributed by atoms with Gasteiger partial charge in [-0.25, -0.2) is 0 Å². The van der Waals surface area contributed by atoms with Crippen LogP contribution in [0.5, 0.6) is 5.75 Å². The second-order valence-corrected chi connectivity index (χ2v) is 3.57. The maximum atomic E-state index is 5.30. The number of methoxy groups -OCH3 is 1. The van der Waals surface area contributed by atoms with E-state index in [9.17, 15) is 0 Å². The van der Waals surface area contributed by atoms with Crippen molar-refractivity contribution in [2.24, 2.45) is 0 Å². The molecule has 14 heavy (non-hydrogen) atoms. The molecule has 0 saturated carbocycles. The molecular formula is C11H16N2O. The van der Waals surface area contributed by atoms with E-state index in [2.05, 4.69) is 16.7 Å². The molecule has 0 aliphatic carbocycles. The minimum Gasteiger partial charge on any atom is -0.495 e. The number of anilines is 1. The Hall–Kier alpha value is -1.22. The first-order valence-electron chi connectivity index (χ1n) is 4.92. The summed E-state index contributed by atoms with van der Waals surface area (Å²) in [4.78, 5) is 0. The van der Waals surface area contributed by atoms with Crippen LogP contribution in [0.15, 0.2) is 18.2 Å². The second-order valence-electron chi connectivity index (χ2n) is 3.57. The summed E-state index contributed by atoms with van der Waals surface area (Å²) in [6.07, 6.45) is 1.07. The zero-order valence-electron chi connectivity index (χ0n) is 8.63. The normalized spacial score (nSPS) is 19.7. The zero-order valence-corrected chi connectivity index (χ0v) is 8.63. The number of ether oxygens (including phenoxy) is 1. The maximum Gasteiger partial charge on any atom is 0.142 e. The van der Waals surface area contributed by atoms with Crippen molar-refractivity contribution in [2.45, 2.75) is 12.5 Å². The van der Waals surface area contributed by atoms with Crippen LogP contribution in [0, 0.1) is 0 Å². The van der Waals surface area contributed by atoms with Crippen LogP contribution in [0.25, 0.3) is 0 Å². The minimum atomic E-state index is 0.523. The van der Waals surface area contributed by atoms with Gasteiger partial charge in [0.15, 0.2) is 0 Å². The van der Waals surface area contributed by atoms with E-state index >= 15 is 0 Å². The molecule has 0 bridgehead atoms. The average molecular weight is 192 g/mol. The van der Waals surface area contributed by atoms with Crippen molar-refractivity contribution in [3.05, 3.63) is 23.8 Å². The summed E-state index contributed by atoms with van der Waals surface area (Å²) in [6.45, 7) is 0.962. The van der Waals surface area contributed by atoms with Crippen molar-refractivity contribution in [2.75, 3.05) is 26.0 Å². The zero-order chi connectivity index (χ0) is 9.97. The third-order valence-corrected chi connectivity index (χ3v) is 2.73. The van der Waals surface area contributed by atoms with Crippen LogP contribution in [-0.2, 0) is 6.42 Å². The van der Waals surface area contributed by atoms with Crippen molar-refractivity contribution in [1.29, 1.82) is 0 Å². The molecule has 2 rings (SSSR count). The van der Waals surface area contributed by atoms with Crippen molar-refractivity contribution in [1.82, 2.24) is 5.32 Å². The quantitative estimate of drug-likeness (QED) is 0.740. The summed E-state index contributed by atoms with van der Waals surface area (Å²) in [5, 5.41) is 6.67. The minimum absolute atomic E-state index is 0.523. The SMILES string of the molecule is CNC1CNc2c(cccc2OC)C1. The van der Waals surface area contributed by atoms with Gasteiger partial charge in [-0.05, 0) is 25.1 Å². The van der Waals surface area contributed by atoms with Gasteiger partial charge in [0, 0.05) is 12.6 Å². The van der Waals surface area contributed by atoms with Crippen molar-refractivity contribution < 1.29 is 4.74 Å². The Labute approximate surface area is 84.5 Å². The summed E-state index contributed by atoms with van der Waals surface area (Å²) in [7, 11) is 3.71. The van der Waals surface area contributed by atoms with Gasteiger partial charge in [-0.1, -0.05) is 12.1 Å². The van der Waals surface area contributed by atoms with E-state index < -0.39 is 0 Å². The highest BCUT2D eigenvalue weighted by Crippen LogP contribution is 2.31. The van der Waals surface area contributed by atoms with Crippen LogP contribution < -0.4 is 15.4 Å². The number of hydrogen-bond acceptors (Lipinski definition) is 3. The third-order valence-electron chi connectivity index (χ3n) is 2.73. The summed E-state index contributed by atoms with van der Waals surface area (Å²) < 4.78 is 5.30. The Balaban J connectivity index is 2.30. The Kier molecular flexibility index (Phi) is 2.59. The summed E-state index contributed by atoms with van der Waals surface area (Å²) in [5.74, 6) is 0.942. The molecule has 1 heterocycles. The Morgan fingerprint density at radius 2 is 2.36 bits per heavy atom. The van der Waals surface area contributed by atoms with E-state index in [4.69, 9.17) is 4.74 Å².